The van der Waals surface area contributed by atoms with E-state index in [1.54, 1.807) is 34.9 Å². The van der Waals surface area contributed by atoms with Gasteiger partial charge in [0, 0.05) is 24.5 Å². The van der Waals surface area contributed by atoms with Gasteiger partial charge in [0.25, 0.3) is 0 Å². The van der Waals surface area contributed by atoms with Crippen LogP contribution in [0.3, 0.4) is 0 Å². The number of rotatable bonds is 8. The number of ether oxygens (including phenoxy) is 3. The minimum Gasteiger partial charge on any atom is -0.370 e. The van der Waals surface area contributed by atoms with Crippen molar-refractivity contribution in [1.29, 1.82) is 0 Å². The molecular weight excluding hydrogens is 428 g/mol. The third-order valence-corrected chi connectivity index (χ3v) is 7.45. The van der Waals surface area contributed by atoms with Crippen molar-refractivity contribution < 1.29 is 14.2 Å². The van der Waals surface area contributed by atoms with Crippen molar-refractivity contribution in [3.63, 3.8) is 0 Å². The van der Waals surface area contributed by atoms with E-state index in [0.717, 1.165) is 32.6 Å². The van der Waals surface area contributed by atoms with Gasteiger partial charge in [-0.25, -0.2) is 9.38 Å². The molecule has 0 aliphatic carbocycles. The fourth-order valence-corrected chi connectivity index (χ4v) is 6.11. The second kappa shape index (κ2) is 8.68. The predicted octanol–water partition coefficient (Wildman–Crippen LogP) is 4.40. The summed E-state index contributed by atoms with van der Waals surface area (Å²) in [5.41, 5.74) is 1.99. The first kappa shape index (κ1) is 21.3. The molecule has 4 heterocycles. The lowest BCUT2D eigenvalue weighted by Gasteiger charge is -2.30. The Labute approximate surface area is 182 Å². The standard InChI is InChI=1S/C19H26N4O3S3/c1-6-24-13(25-7-2)10-28-18-22-21-15-14-11-8-19(3,4)26-9-12(11)29-16(14)20-17(27-5)23(15)18/h13H,6-10H2,1-5H3. The van der Waals surface area contributed by atoms with Gasteiger partial charge in [-0.2, -0.15) is 0 Å². The summed E-state index contributed by atoms with van der Waals surface area (Å²) in [6.07, 6.45) is 2.62. The highest BCUT2D eigenvalue weighted by molar-refractivity contribution is 7.99. The Morgan fingerprint density at radius 1 is 1.21 bits per heavy atom. The summed E-state index contributed by atoms with van der Waals surface area (Å²) in [6, 6.07) is 0. The van der Waals surface area contributed by atoms with Crippen molar-refractivity contribution in [2.75, 3.05) is 25.2 Å². The molecule has 4 rings (SSSR count). The molecule has 29 heavy (non-hydrogen) atoms. The Balaban J connectivity index is 1.76. The topological polar surface area (TPSA) is 70.8 Å². The lowest BCUT2D eigenvalue weighted by molar-refractivity contribution is -0.120. The summed E-state index contributed by atoms with van der Waals surface area (Å²) < 4.78 is 19.4. The van der Waals surface area contributed by atoms with Crippen LogP contribution < -0.4 is 0 Å². The number of aromatic nitrogens is 4. The van der Waals surface area contributed by atoms with E-state index in [0.29, 0.717) is 25.6 Å². The van der Waals surface area contributed by atoms with E-state index < -0.39 is 0 Å². The first-order valence-electron chi connectivity index (χ1n) is 9.70. The molecule has 1 aliphatic heterocycles. The fraction of sp³-hybridized carbons (Fsp3) is 0.632. The van der Waals surface area contributed by atoms with Gasteiger partial charge in [0.15, 0.2) is 22.3 Å². The smallest absolute Gasteiger partial charge is 0.197 e. The molecule has 0 saturated heterocycles. The second-order valence-corrected chi connectivity index (χ2v) is 10.1. The van der Waals surface area contributed by atoms with Gasteiger partial charge in [-0.15, -0.1) is 21.5 Å². The van der Waals surface area contributed by atoms with E-state index in [4.69, 9.17) is 19.2 Å². The Bertz CT molecular complexity index is 1010. The first-order chi connectivity index (χ1) is 14.0. The molecule has 3 aromatic heterocycles. The van der Waals surface area contributed by atoms with E-state index in [-0.39, 0.29) is 11.9 Å². The van der Waals surface area contributed by atoms with Gasteiger partial charge in [-0.3, -0.25) is 0 Å². The maximum Gasteiger partial charge on any atom is 0.197 e. The molecular formula is C19H26N4O3S3. The van der Waals surface area contributed by atoms with E-state index in [2.05, 4.69) is 28.4 Å². The average Bonchev–Trinajstić information content (AvgIpc) is 3.26. The van der Waals surface area contributed by atoms with Crippen LogP contribution in [0.2, 0.25) is 0 Å². The van der Waals surface area contributed by atoms with Gasteiger partial charge in [0.1, 0.15) is 4.83 Å². The van der Waals surface area contributed by atoms with Crippen molar-refractivity contribution >= 4 is 50.7 Å². The van der Waals surface area contributed by atoms with Crippen LogP contribution in [0.4, 0.5) is 0 Å². The van der Waals surface area contributed by atoms with Gasteiger partial charge < -0.3 is 14.2 Å². The maximum atomic E-state index is 6.01. The number of nitrogens with zero attached hydrogens (tertiary/aromatic N) is 4. The Hall–Kier alpha value is -0.910. The molecule has 0 N–H and O–H groups in total. The van der Waals surface area contributed by atoms with Gasteiger partial charge in [-0.05, 0) is 39.5 Å². The third-order valence-electron chi connectivity index (χ3n) is 4.75. The molecule has 0 atom stereocenters. The zero-order valence-electron chi connectivity index (χ0n) is 17.4. The molecule has 0 fully saturated rings. The van der Waals surface area contributed by atoms with Crippen molar-refractivity contribution in [3.05, 3.63) is 10.4 Å². The molecule has 0 amide bonds. The number of fused-ring (bicyclic) bond motifs is 5. The highest BCUT2D eigenvalue weighted by Crippen LogP contribution is 2.41. The van der Waals surface area contributed by atoms with E-state index in [1.807, 2.05) is 20.1 Å². The molecule has 0 saturated carbocycles. The molecule has 3 aromatic rings. The summed E-state index contributed by atoms with van der Waals surface area (Å²) in [6.45, 7) is 10.1. The molecule has 1 aliphatic rings. The van der Waals surface area contributed by atoms with Crippen molar-refractivity contribution in [2.24, 2.45) is 0 Å². The fourth-order valence-electron chi connectivity index (χ4n) is 3.48. The zero-order chi connectivity index (χ0) is 20.6. The Morgan fingerprint density at radius 2 is 1.97 bits per heavy atom. The number of hydrogen-bond donors (Lipinski definition) is 0. The van der Waals surface area contributed by atoms with Gasteiger partial charge in [0.2, 0.25) is 0 Å². The number of hydrogen-bond acceptors (Lipinski definition) is 9. The summed E-state index contributed by atoms with van der Waals surface area (Å²) in [5.74, 6) is 0.650. The molecule has 158 valence electrons. The summed E-state index contributed by atoms with van der Waals surface area (Å²) in [5, 5.41) is 11.9. The highest BCUT2D eigenvalue weighted by Gasteiger charge is 2.31. The van der Waals surface area contributed by atoms with E-state index in [9.17, 15) is 0 Å². The normalized spacial score (nSPS) is 16.2. The van der Waals surface area contributed by atoms with E-state index >= 15 is 0 Å². The third kappa shape index (κ3) is 4.15. The molecule has 0 spiro atoms. The minimum atomic E-state index is -0.261. The SMILES string of the molecule is CCOC(CSc1nnc2c3c4c(sc3nc(SC)n12)COC(C)(C)C4)OCC. The summed E-state index contributed by atoms with van der Waals surface area (Å²) in [4.78, 5) is 7.20. The Kier molecular flexibility index (Phi) is 6.38. The Morgan fingerprint density at radius 3 is 2.66 bits per heavy atom. The molecule has 7 nitrogen and oxygen atoms in total. The molecule has 0 aromatic carbocycles. The van der Waals surface area contributed by atoms with Crippen LogP contribution in [0, 0.1) is 0 Å². The average molecular weight is 455 g/mol. The van der Waals surface area contributed by atoms with Crippen LogP contribution in [0.5, 0.6) is 0 Å². The molecule has 0 bridgehead atoms. The number of thiophene rings is 1. The minimum absolute atomic E-state index is 0.185. The van der Waals surface area contributed by atoms with Crippen LogP contribution in [0.25, 0.3) is 15.9 Å². The molecule has 10 heteroatoms. The van der Waals surface area contributed by atoms with Gasteiger partial charge in [-0.1, -0.05) is 23.5 Å². The van der Waals surface area contributed by atoms with Gasteiger partial charge in [0.05, 0.1) is 23.3 Å². The van der Waals surface area contributed by atoms with Crippen LogP contribution in [0.1, 0.15) is 38.1 Å². The summed E-state index contributed by atoms with van der Waals surface area (Å²) >= 11 is 4.90. The van der Waals surface area contributed by atoms with Crippen molar-refractivity contribution in [2.45, 2.75) is 62.9 Å². The first-order valence-corrected chi connectivity index (χ1v) is 12.7. The zero-order valence-corrected chi connectivity index (χ0v) is 19.8. The summed E-state index contributed by atoms with van der Waals surface area (Å²) in [7, 11) is 0. The van der Waals surface area contributed by atoms with Crippen molar-refractivity contribution in [3.8, 4) is 0 Å². The lowest BCUT2D eigenvalue weighted by atomic mass is 9.94. The second-order valence-electron chi connectivity index (χ2n) is 7.30. The van der Waals surface area contributed by atoms with E-state index in [1.165, 1.54) is 10.4 Å². The molecule has 0 radical (unpaired) electrons. The van der Waals surface area contributed by atoms with Crippen molar-refractivity contribution in [1.82, 2.24) is 19.6 Å². The quantitative estimate of drug-likeness (QED) is 0.282. The van der Waals surface area contributed by atoms with Crippen LogP contribution in [-0.4, -0.2) is 56.7 Å². The molecule has 0 unspecified atom stereocenters. The largest absolute Gasteiger partial charge is 0.370 e. The highest BCUT2D eigenvalue weighted by atomic mass is 32.2. The maximum absolute atomic E-state index is 6.01. The van der Waals surface area contributed by atoms with Gasteiger partial charge >= 0.3 is 0 Å². The number of thioether (sulfide) groups is 2. The van der Waals surface area contributed by atoms with Crippen LogP contribution in [-0.2, 0) is 27.2 Å². The lowest BCUT2D eigenvalue weighted by Crippen LogP contribution is -2.31. The monoisotopic (exact) mass is 454 g/mol. The predicted molar refractivity (Wildman–Crippen MR) is 118 cm³/mol. The van der Waals surface area contributed by atoms with Crippen LogP contribution in [0.15, 0.2) is 10.3 Å². The van der Waals surface area contributed by atoms with Crippen LogP contribution >= 0.6 is 34.9 Å².